The molecular weight excluding hydrogens is 467 g/mol. The van der Waals surface area contributed by atoms with Crippen LogP contribution in [0, 0.1) is 5.82 Å². The average Bonchev–Trinajstić information content (AvgIpc) is 3.30. The summed E-state index contributed by atoms with van der Waals surface area (Å²) in [5, 5.41) is 15.9. The molecule has 1 atom stereocenters. The van der Waals surface area contributed by atoms with Crippen molar-refractivity contribution in [3.05, 3.63) is 71.7 Å². The first-order valence-corrected chi connectivity index (χ1v) is 11.3. The van der Waals surface area contributed by atoms with Crippen molar-refractivity contribution in [1.82, 2.24) is 10.5 Å². The molecule has 10 heteroatoms. The number of nitrogens with zero attached hydrogens (tertiary/aromatic N) is 3. The number of carboxylic acid groups (broad SMARTS) is 1. The molecule has 0 aliphatic heterocycles. The van der Waals surface area contributed by atoms with Gasteiger partial charge in [-0.1, -0.05) is 54.5 Å². The Hall–Kier alpha value is -4.21. The second kappa shape index (κ2) is 11.0. The van der Waals surface area contributed by atoms with Crippen LogP contribution in [0.5, 0.6) is 0 Å². The minimum absolute atomic E-state index is 0.0392. The molecule has 190 valence electrons. The standard InChI is InChI=1S/C26H29FN4O5/c1-16(18-11-12-19(20(27)13-18)17-9-7-6-8-10-17)21-14-22(36-30-21)31(15-23(32)33)24(28-5)29-25(34)35-26(2,3)4/h6-14,16H,15H2,1-5H3,(H,32,33)(H,28,29,34). The van der Waals surface area contributed by atoms with Gasteiger partial charge in [0.05, 0.1) is 5.69 Å². The summed E-state index contributed by atoms with van der Waals surface area (Å²) in [6.45, 7) is 6.36. The number of ether oxygens (including phenoxy) is 1. The summed E-state index contributed by atoms with van der Waals surface area (Å²) in [5.74, 6) is -1.98. The number of hydrogen-bond donors (Lipinski definition) is 2. The van der Waals surface area contributed by atoms with Crippen molar-refractivity contribution in [2.45, 2.75) is 39.2 Å². The largest absolute Gasteiger partial charge is 0.480 e. The second-order valence-electron chi connectivity index (χ2n) is 9.07. The van der Waals surface area contributed by atoms with Gasteiger partial charge in [-0.2, -0.15) is 0 Å². The number of amides is 1. The molecule has 0 radical (unpaired) electrons. The molecule has 1 amide bonds. The molecule has 9 nitrogen and oxygen atoms in total. The normalized spacial score (nSPS) is 12.7. The molecule has 3 rings (SSSR count). The van der Waals surface area contributed by atoms with Crippen molar-refractivity contribution < 1.29 is 28.3 Å². The quantitative estimate of drug-likeness (QED) is 0.363. The number of rotatable bonds is 6. The Kier molecular flexibility index (Phi) is 8.08. The second-order valence-corrected chi connectivity index (χ2v) is 9.07. The monoisotopic (exact) mass is 496 g/mol. The highest BCUT2D eigenvalue weighted by Gasteiger charge is 2.26. The molecule has 2 N–H and O–H groups in total. The third-order valence-electron chi connectivity index (χ3n) is 5.18. The Morgan fingerprint density at radius 2 is 1.89 bits per heavy atom. The van der Waals surface area contributed by atoms with E-state index in [1.54, 1.807) is 26.8 Å². The summed E-state index contributed by atoms with van der Waals surface area (Å²) in [5.41, 5.74) is 1.59. The number of carboxylic acids is 1. The maximum atomic E-state index is 14.9. The van der Waals surface area contributed by atoms with Gasteiger partial charge in [0, 0.05) is 24.6 Å². The molecule has 1 unspecified atom stereocenters. The lowest BCUT2D eigenvalue weighted by Gasteiger charge is -2.24. The first kappa shape index (κ1) is 26.4. The Morgan fingerprint density at radius 3 is 2.47 bits per heavy atom. The lowest BCUT2D eigenvalue weighted by molar-refractivity contribution is -0.135. The van der Waals surface area contributed by atoms with Gasteiger partial charge in [-0.05, 0) is 38.0 Å². The van der Waals surface area contributed by atoms with Crippen LogP contribution < -0.4 is 10.2 Å². The van der Waals surface area contributed by atoms with E-state index in [0.29, 0.717) is 16.8 Å². The number of benzene rings is 2. The molecular formula is C26H29FN4O5. The molecule has 0 bridgehead atoms. The Morgan fingerprint density at radius 1 is 1.19 bits per heavy atom. The number of aliphatic imine (C=N–C) groups is 1. The van der Waals surface area contributed by atoms with Crippen LogP contribution in [0.3, 0.4) is 0 Å². The lowest BCUT2D eigenvalue weighted by Crippen LogP contribution is -2.47. The van der Waals surface area contributed by atoms with Gasteiger partial charge in [-0.15, -0.1) is 0 Å². The average molecular weight is 497 g/mol. The zero-order valence-corrected chi connectivity index (χ0v) is 20.8. The molecule has 0 aliphatic rings. The van der Waals surface area contributed by atoms with E-state index in [-0.39, 0.29) is 23.6 Å². The SMILES string of the molecule is CN=C(NC(=O)OC(C)(C)C)N(CC(=O)O)c1cc(C(C)c2ccc(-c3ccccc3)c(F)c2)no1. The van der Waals surface area contributed by atoms with Crippen molar-refractivity contribution in [3.8, 4) is 11.1 Å². The molecule has 2 aromatic carbocycles. The maximum Gasteiger partial charge on any atom is 0.414 e. The first-order valence-electron chi connectivity index (χ1n) is 11.3. The van der Waals surface area contributed by atoms with Gasteiger partial charge in [0.15, 0.2) is 0 Å². The van der Waals surface area contributed by atoms with Crippen molar-refractivity contribution >= 4 is 23.9 Å². The summed E-state index contributed by atoms with van der Waals surface area (Å²) < 4.78 is 25.5. The van der Waals surface area contributed by atoms with Gasteiger partial charge >= 0.3 is 12.1 Å². The van der Waals surface area contributed by atoms with Crippen LogP contribution in [0.25, 0.3) is 11.1 Å². The highest BCUT2D eigenvalue weighted by Crippen LogP contribution is 2.30. The highest BCUT2D eigenvalue weighted by molar-refractivity contribution is 6.05. The zero-order chi connectivity index (χ0) is 26.5. The van der Waals surface area contributed by atoms with Crippen LogP contribution in [0.1, 0.15) is 44.9 Å². The summed E-state index contributed by atoms with van der Waals surface area (Å²) in [6.07, 6.45) is -0.805. The number of hydrogen-bond acceptors (Lipinski definition) is 6. The smallest absolute Gasteiger partial charge is 0.414 e. The number of aromatic nitrogens is 1. The highest BCUT2D eigenvalue weighted by atomic mass is 19.1. The van der Waals surface area contributed by atoms with Crippen molar-refractivity contribution in [2.24, 2.45) is 4.99 Å². The predicted molar refractivity (Wildman–Crippen MR) is 134 cm³/mol. The number of halogens is 1. The van der Waals surface area contributed by atoms with Crippen LogP contribution in [-0.4, -0.2) is 47.5 Å². The van der Waals surface area contributed by atoms with E-state index >= 15 is 0 Å². The molecule has 0 fully saturated rings. The first-order chi connectivity index (χ1) is 17.0. The lowest BCUT2D eigenvalue weighted by atomic mass is 9.95. The van der Waals surface area contributed by atoms with Gasteiger partial charge in [-0.25, -0.2) is 9.18 Å². The fourth-order valence-corrected chi connectivity index (χ4v) is 3.46. The zero-order valence-electron chi connectivity index (χ0n) is 20.8. The summed E-state index contributed by atoms with van der Waals surface area (Å²) >= 11 is 0. The van der Waals surface area contributed by atoms with Crippen molar-refractivity contribution in [2.75, 3.05) is 18.5 Å². The van der Waals surface area contributed by atoms with Crippen LogP contribution >= 0.6 is 0 Å². The van der Waals surface area contributed by atoms with Crippen LogP contribution in [0.4, 0.5) is 15.1 Å². The van der Waals surface area contributed by atoms with E-state index < -0.39 is 24.2 Å². The number of aliphatic carboxylic acids is 1. The molecule has 3 aromatic rings. The van der Waals surface area contributed by atoms with E-state index in [1.807, 2.05) is 43.3 Å². The van der Waals surface area contributed by atoms with Gasteiger partial charge in [-0.3, -0.25) is 20.0 Å². The molecule has 0 saturated carbocycles. The third-order valence-corrected chi connectivity index (χ3v) is 5.18. The van der Waals surface area contributed by atoms with Crippen molar-refractivity contribution in [3.63, 3.8) is 0 Å². The van der Waals surface area contributed by atoms with Gasteiger partial charge in [0.2, 0.25) is 11.8 Å². The van der Waals surface area contributed by atoms with E-state index in [1.165, 1.54) is 19.2 Å². The number of guanidine groups is 1. The van der Waals surface area contributed by atoms with Crippen LogP contribution in [0.15, 0.2) is 64.1 Å². The molecule has 1 heterocycles. The Labute approximate surface area is 208 Å². The van der Waals surface area contributed by atoms with Crippen molar-refractivity contribution in [1.29, 1.82) is 0 Å². The summed E-state index contributed by atoms with van der Waals surface area (Å²) in [6, 6.07) is 15.7. The fraction of sp³-hybridized carbons (Fsp3) is 0.308. The molecule has 36 heavy (non-hydrogen) atoms. The minimum Gasteiger partial charge on any atom is -0.480 e. The Balaban J connectivity index is 1.85. The number of nitrogens with one attached hydrogen (secondary N) is 1. The number of alkyl carbamates (subject to hydrolysis) is 1. The van der Waals surface area contributed by atoms with Gasteiger partial charge < -0.3 is 14.4 Å². The summed E-state index contributed by atoms with van der Waals surface area (Å²) in [4.78, 5) is 28.9. The molecule has 1 aromatic heterocycles. The number of carbonyl (C=O) groups is 2. The number of carbonyl (C=O) groups excluding carboxylic acids is 1. The molecule has 0 aliphatic carbocycles. The fourth-order valence-electron chi connectivity index (χ4n) is 3.46. The van der Waals surface area contributed by atoms with Crippen LogP contribution in [-0.2, 0) is 9.53 Å². The topological polar surface area (TPSA) is 117 Å². The Bertz CT molecular complexity index is 1250. The van der Waals surface area contributed by atoms with E-state index in [4.69, 9.17) is 9.26 Å². The third kappa shape index (κ3) is 6.68. The maximum absolute atomic E-state index is 14.9. The number of anilines is 1. The van der Waals surface area contributed by atoms with Gasteiger partial charge in [0.25, 0.3) is 0 Å². The minimum atomic E-state index is -1.19. The predicted octanol–water partition coefficient (Wildman–Crippen LogP) is 5.03. The van der Waals surface area contributed by atoms with E-state index in [0.717, 1.165) is 10.5 Å². The van der Waals surface area contributed by atoms with E-state index in [9.17, 15) is 19.1 Å². The summed E-state index contributed by atoms with van der Waals surface area (Å²) in [7, 11) is 1.39. The molecule has 0 spiro atoms. The van der Waals surface area contributed by atoms with Gasteiger partial charge in [0.1, 0.15) is 18.0 Å². The molecule has 0 saturated heterocycles. The van der Waals surface area contributed by atoms with Crippen LogP contribution in [0.2, 0.25) is 0 Å². The van der Waals surface area contributed by atoms with E-state index in [2.05, 4.69) is 15.5 Å².